The van der Waals surface area contributed by atoms with E-state index >= 15 is 0 Å². The van der Waals surface area contributed by atoms with E-state index in [0.717, 1.165) is 17.7 Å². The van der Waals surface area contributed by atoms with Crippen molar-refractivity contribution in [2.45, 2.75) is 12.5 Å². The van der Waals surface area contributed by atoms with Crippen LogP contribution in [0.25, 0.3) is 0 Å². The average molecular weight is 457 g/mol. The van der Waals surface area contributed by atoms with E-state index in [4.69, 9.17) is 14.2 Å². The number of hydrogen-bond donors (Lipinski definition) is 0. The van der Waals surface area contributed by atoms with Gasteiger partial charge in [0.2, 0.25) is 0 Å². The van der Waals surface area contributed by atoms with E-state index in [1.54, 1.807) is 6.07 Å². The maximum absolute atomic E-state index is 14.4. The number of fused-ring (bicyclic) bond motifs is 1. The summed E-state index contributed by atoms with van der Waals surface area (Å²) in [6, 6.07) is 11.6. The van der Waals surface area contributed by atoms with Gasteiger partial charge in [-0.25, -0.2) is 13.2 Å². The molecule has 0 N–H and O–H groups in total. The first kappa shape index (κ1) is 22.5. The Labute approximate surface area is 189 Å². The molecule has 8 heteroatoms. The number of benzene rings is 3. The number of carbonyl (C=O) groups is 1. The zero-order valence-corrected chi connectivity index (χ0v) is 18.1. The zero-order chi connectivity index (χ0) is 23.5. The van der Waals surface area contributed by atoms with Crippen LogP contribution >= 0.6 is 0 Å². The Morgan fingerprint density at radius 2 is 1.61 bits per heavy atom. The quantitative estimate of drug-likeness (QED) is 0.526. The van der Waals surface area contributed by atoms with E-state index in [9.17, 15) is 18.0 Å². The van der Waals surface area contributed by atoms with Crippen LogP contribution in [0.4, 0.5) is 13.2 Å². The summed E-state index contributed by atoms with van der Waals surface area (Å²) in [5.74, 6) is -1.67. The number of hydrogen-bond acceptors (Lipinski definition) is 4. The van der Waals surface area contributed by atoms with E-state index in [0.29, 0.717) is 29.2 Å². The first-order chi connectivity index (χ1) is 15.9. The second-order valence-electron chi connectivity index (χ2n) is 7.53. The molecule has 1 aliphatic rings. The van der Waals surface area contributed by atoms with Crippen molar-refractivity contribution in [2.24, 2.45) is 0 Å². The molecule has 0 unspecified atom stereocenters. The topological polar surface area (TPSA) is 48.0 Å². The minimum absolute atomic E-state index is 0.0179. The van der Waals surface area contributed by atoms with Crippen LogP contribution in [-0.2, 0) is 6.42 Å². The summed E-state index contributed by atoms with van der Waals surface area (Å²) in [6.07, 6.45) is 0.449. The Morgan fingerprint density at radius 1 is 0.970 bits per heavy atom. The summed E-state index contributed by atoms with van der Waals surface area (Å²) in [4.78, 5) is 14.7. The highest BCUT2D eigenvalue weighted by molar-refractivity contribution is 5.95. The van der Waals surface area contributed by atoms with Gasteiger partial charge in [-0.2, -0.15) is 0 Å². The fourth-order valence-electron chi connectivity index (χ4n) is 4.00. The van der Waals surface area contributed by atoms with Gasteiger partial charge in [0.15, 0.2) is 11.5 Å². The van der Waals surface area contributed by atoms with Gasteiger partial charge in [-0.3, -0.25) is 4.79 Å². The number of halogens is 3. The molecule has 4 rings (SSSR count). The lowest BCUT2D eigenvalue weighted by Gasteiger charge is -2.37. The molecule has 1 aliphatic heterocycles. The number of nitrogens with zero attached hydrogens (tertiary/aromatic N) is 1. The first-order valence-corrected chi connectivity index (χ1v) is 10.3. The molecule has 0 aromatic heterocycles. The summed E-state index contributed by atoms with van der Waals surface area (Å²) in [7, 11) is 3.02. The lowest BCUT2D eigenvalue weighted by atomic mass is 9.91. The Bertz CT molecular complexity index is 1150. The van der Waals surface area contributed by atoms with Crippen LogP contribution < -0.4 is 14.2 Å². The normalized spacial score (nSPS) is 15.1. The third kappa shape index (κ3) is 4.46. The molecule has 1 atom stereocenters. The van der Waals surface area contributed by atoms with Crippen molar-refractivity contribution >= 4 is 5.91 Å². The van der Waals surface area contributed by atoms with Crippen LogP contribution in [0.5, 0.6) is 17.2 Å². The molecule has 0 saturated heterocycles. The van der Waals surface area contributed by atoms with Crippen molar-refractivity contribution in [3.8, 4) is 17.2 Å². The molecule has 3 aromatic rings. The highest BCUT2D eigenvalue weighted by Crippen LogP contribution is 2.39. The summed E-state index contributed by atoms with van der Waals surface area (Å²) < 4.78 is 58.7. The number of rotatable bonds is 6. The van der Waals surface area contributed by atoms with E-state index in [-0.39, 0.29) is 13.2 Å². The van der Waals surface area contributed by atoms with Gasteiger partial charge in [0, 0.05) is 6.54 Å². The van der Waals surface area contributed by atoms with Crippen molar-refractivity contribution in [3.63, 3.8) is 0 Å². The fourth-order valence-corrected chi connectivity index (χ4v) is 4.00. The number of amides is 1. The third-order valence-electron chi connectivity index (χ3n) is 5.66. The molecule has 0 spiro atoms. The van der Waals surface area contributed by atoms with Gasteiger partial charge in [0.25, 0.3) is 5.91 Å². The van der Waals surface area contributed by atoms with Crippen LogP contribution in [0, 0.1) is 17.5 Å². The molecule has 33 heavy (non-hydrogen) atoms. The molecular formula is C25H22F3NO4. The third-order valence-corrected chi connectivity index (χ3v) is 5.66. The zero-order valence-electron chi connectivity index (χ0n) is 18.1. The summed E-state index contributed by atoms with van der Waals surface area (Å²) >= 11 is 0. The Balaban J connectivity index is 1.74. The van der Waals surface area contributed by atoms with Gasteiger partial charge in [-0.15, -0.1) is 0 Å². The first-order valence-electron chi connectivity index (χ1n) is 10.3. The van der Waals surface area contributed by atoms with Gasteiger partial charge in [0.1, 0.15) is 35.4 Å². The van der Waals surface area contributed by atoms with Crippen molar-refractivity contribution in [1.82, 2.24) is 4.90 Å². The SMILES string of the molecule is COc1cc2c(cc1OC)[C@@H](COc1ccc(F)cc1)N(C(=O)c1c(F)cccc1F)CC2. The lowest BCUT2D eigenvalue weighted by Crippen LogP contribution is -2.43. The summed E-state index contributed by atoms with van der Waals surface area (Å²) in [5.41, 5.74) is 0.998. The van der Waals surface area contributed by atoms with Crippen LogP contribution in [0.2, 0.25) is 0 Å². The predicted octanol–water partition coefficient (Wildman–Crippen LogP) is 4.94. The molecule has 0 saturated carbocycles. The molecule has 1 heterocycles. The average Bonchev–Trinajstić information content (AvgIpc) is 2.82. The van der Waals surface area contributed by atoms with E-state index in [1.165, 1.54) is 49.5 Å². The van der Waals surface area contributed by atoms with Gasteiger partial charge in [-0.1, -0.05) is 6.07 Å². The smallest absolute Gasteiger partial charge is 0.260 e. The summed E-state index contributed by atoms with van der Waals surface area (Å²) in [6.45, 7) is 0.197. The highest BCUT2D eigenvalue weighted by atomic mass is 19.1. The van der Waals surface area contributed by atoms with Crippen LogP contribution in [0.3, 0.4) is 0 Å². The fraction of sp³-hybridized carbons (Fsp3) is 0.240. The van der Waals surface area contributed by atoms with Gasteiger partial charge >= 0.3 is 0 Å². The molecule has 3 aromatic carbocycles. The molecular weight excluding hydrogens is 435 g/mol. The van der Waals surface area contributed by atoms with Gasteiger partial charge in [-0.05, 0) is 66.1 Å². The molecule has 0 aliphatic carbocycles. The second-order valence-corrected chi connectivity index (χ2v) is 7.53. The number of ether oxygens (including phenoxy) is 3. The number of carbonyl (C=O) groups excluding carboxylic acids is 1. The summed E-state index contributed by atoms with van der Waals surface area (Å²) in [5, 5.41) is 0. The molecule has 0 radical (unpaired) electrons. The number of methoxy groups -OCH3 is 2. The Kier molecular flexibility index (Phi) is 6.44. The monoisotopic (exact) mass is 457 g/mol. The van der Waals surface area contributed by atoms with Crippen LogP contribution in [-0.4, -0.2) is 38.2 Å². The maximum atomic E-state index is 14.4. The van der Waals surface area contributed by atoms with Crippen molar-refractivity contribution in [3.05, 3.63) is 88.7 Å². The lowest BCUT2D eigenvalue weighted by molar-refractivity contribution is 0.0579. The van der Waals surface area contributed by atoms with Crippen molar-refractivity contribution < 1.29 is 32.2 Å². The van der Waals surface area contributed by atoms with Crippen LogP contribution in [0.1, 0.15) is 27.5 Å². The van der Waals surface area contributed by atoms with E-state index < -0.39 is 35.0 Å². The predicted molar refractivity (Wildman–Crippen MR) is 115 cm³/mol. The molecule has 5 nitrogen and oxygen atoms in total. The molecule has 1 amide bonds. The van der Waals surface area contributed by atoms with Gasteiger partial charge in [0.05, 0.1) is 20.3 Å². The Hall–Kier alpha value is -3.68. The standard InChI is InChI=1S/C25H22F3NO4/c1-31-22-12-15-10-11-29(25(30)24-19(27)4-3-5-20(24)28)21(18(15)13-23(22)32-2)14-33-17-8-6-16(26)7-9-17/h3-9,12-13,21H,10-11,14H2,1-2H3/t21-/m1/s1. The minimum atomic E-state index is -0.934. The van der Waals surface area contributed by atoms with Crippen molar-refractivity contribution in [2.75, 3.05) is 27.4 Å². The largest absolute Gasteiger partial charge is 0.493 e. The van der Waals surface area contributed by atoms with E-state index in [2.05, 4.69) is 0 Å². The maximum Gasteiger partial charge on any atom is 0.260 e. The highest BCUT2D eigenvalue weighted by Gasteiger charge is 2.35. The van der Waals surface area contributed by atoms with Crippen molar-refractivity contribution in [1.29, 1.82) is 0 Å². The molecule has 0 fully saturated rings. The van der Waals surface area contributed by atoms with Crippen LogP contribution in [0.15, 0.2) is 54.6 Å². The molecule has 172 valence electrons. The Morgan fingerprint density at radius 3 is 2.24 bits per heavy atom. The van der Waals surface area contributed by atoms with Gasteiger partial charge < -0.3 is 19.1 Å². The minimum Gasteiger partial charge on any atom is -0.493 e. The molecule has 0 bridgehead atoms. The van der Waals surface area contributed by atoms with E-state index in [1.807, 2.05) is 6.07 Å². The second kappa shape index (κ2) is 9.44.